The third-order valence-corrected chi connectivity index (χ3v) is 4.53. The Morgan fingerprint density at radius 3 is 2.67 bits per heavy atom. The lowest BCUT2D eigenvalue weighted by molar-refractivity contribution is -0.123. The van der Waals surface area contributed by atoms with Gasteiger partial charge in [-0.15, -0.1) is 0 Å². The molecule has 0 spiro atoms. The highest BCUT2D eigenvalue weighted by Crippen LogP contribution is 2.23. The SMILES string of the molecule is CCc1cc(=O)oc2cc(OCC(=O)NCC(C)c3ccccc3)ccc12. The van der Waals surface area contributed by atoms with Crippen molar-refractivity contribution in [2.24, 2.45) is 0 Å². The van der Waals surface area contributed by atoms with E-state index in [4.69, 9.17) is 9.15 Å². The Kier molecular flexibility index (Phi) is 5.91. The molecule has 5 nitrogen and oxygen atoms in total. The molecule has 0 saturated heterocycles. The van der Waals surface area contributed by atoms with Crippen LogP contribution in [-0.2, 0) is 11.2 Å². The summed E-state index contributed by atoms with van der Waals surface area (Å²) >= 11 is 0. The number of fused-ring (bicyclic) bond motifs is 1. The first-order chi connectivity index (χ1) is 13.1. The number of carbonyl (C=O) groups is 1. The smallest absolute Gasteiger partial charge is 0.336 e. The zero-order valence-corrected chi connectivity index (χ0v) is 15.5. The van der Waals surface area contributed by atoms with Gasteiger partial charge in [0, 0.05) is 24.1 Å². The molecule has 0 aliphatic heterocycles. The lowest BCUT2D eigenvalue weighted by Gasteiger charge is -2.13. The Balaban J connectivity index is 1.58. The first-order valence-corrected chi connectivity index (χ1v) is 9.08. The summed E-state index contributed by atoms with van der Waals surface area (Å²) in [5.74, 6) is 0.518. The molecule has 3 rings (SSSR count). The quantitative estimate of drug-likeness (QED) is 0.649. The molecule has 27 heavy (non-hydrogen) atoms. The van der Waals surface area contributed by atoms with Crippen LogP contribution in [0, 0.1) is 0 Å². The van der Waals surface area contributed by atoms with Crippen LogP contribution >= 0.6 is 0 Å². The second-order valence-electron chi connectivity index (χ2n) is 6.51. The zero-order chi connectivity index (χ0) is 19.2. The summed E-state index contributed by atoms with van der Waals surface area (Å²) in [6.07, 6.45) is 0.740. The molecule has 3 aromatic rings. The van der Waals surface area contributed by atoms with Crippen LogP contribution in [0.15, 0.2) is 63.8 Å². The van der Waals surface area contributed by atoms with E-state index in [-0.39, 0.29) is 24.1 Å². The molecule has 140 valence electrons. The minimum Gasteiger partial charge on any atom is -0.484 e. The molecule has 0 aliphatic carbocycles. The van der Waals surface area contributed by atoms with E-state index in [2.05, 4.69) is 12.2 Å². The Hall–Kier alpha value is -3.08. The van der Waals surface area contributed by atoms with Crippen LogP contribution in [0.5, 0.6) is 5.75 Å². The van der Waals surface area contributed by atoms with Crippen LogP contribution in [0.4, 0.5) is 0 Å². The number of hydrogen-bond donors (Lipinski definition) is 1. The number of hydrogen-bond acceptors (Lipinski definition) is 4. The van der Waals surface area contributed by atoms with Gasteiger partial charge in [0.25, 0.3) is 5.91 Å². The van der Waals surface area contributed by atoms with Crippen LogP contribution in [0.25, 0.3) is 11.0 Å². The Labute approximate surface area is 158 Å². The van der Waals surface area contributed by atoms with E-state index in [9.17, 15) is 9.59 Å². The molecule has 1 amide bonds. The summed E-state index contributed by atoms with van der Waals surface area (Å²) in [7, 11) is 0. The number of amides is 1. The van der Waals surface area contributed by atoms with Crippen LogP contribution in [0.1, 0.15) is 30.9 Å². The number of ether oxygens (including phenoxy) is 1. The topological polar surface area (TPSA) is 68.5 Å². The summed E-state index contributed by atoms with van der Waals surface area (Å²) < 4.78 is 10.8. The Morgan fingerprint density at radius 1 is 1.15 bits per heavy atom. The maximum atomic E-state index is 12.1. The van der Waals surface area contributed by atoms with Gasteiger partial charge in [-0.05, 0) is 35.6 Å². The van der Waals surface area contributed by atoms with Crippen molar-refractivity contribution < 1.29 is 13.9 Å². The maximum absolute atomic E-state index is 12.1. The van der Waals surface area contributed by atoms with Gasteiger partial charge in [0.05, 0.1) is 0 Å². The lowest BCUT2D eigenvalue weighted by Crippen LogP contribution is -2.31. The van der Waals surface area contributed by atoms with Crippen LogP contribution in [-0.4, -0.2) is 19.1 Å². The molecular formula is C22H23NO4. The van der Waals surface area contributed by atoms with Gasteiger partial charge in [0.2, 0.25) is 0 Å². The average Bonchev–Trinajstić information content (AvgIpc) is 2.70. The fraction of sp³-hybridized carbons (Fsp3) is 0.273. The number of rotatable bonds is 7. The van der Waals surface area contributed by atoms with Gasteiger partial charge in [0.15, 0.2) is 6.61 Å². The van der Waals surface area contributed by atoms with E-state index in [1.165, 1.54) is 11.6 Å². The van der Waals surface area contributed by atoms with Crippen molar-refractivity contribution in [3.8, 4) is 5.75 Å². The number of nitrogens with one attached hydrogen (secondary N) is 1. The number of benzene rings is 2. The normalized spacial score (nSPS) is 11.9. The number of aryl methyl sites for hydroxylation is 1. The molecule has 0 radical (unpaired) electrons. The molecular weight excluding hydrogens is 342 g/mol. The van der Waals surface area contributed by atoms with Crippen molar-refractivity contribution in [1.29, 1.82) is 0 Å². The largest absolute Gasteiger partial charge is 0.484 e. The third kappa shape index (κ3) is 4.76. The highest BCUT2D eigenvalue weighted by Gasteiger charge is 2.10. The maximum Gasteiger partial charge on any atom is 0.336 e. The summed E-state index contributed by atoms with van der Waals surface area (Å²) in [5, 5.41) is 3.76. The molecule has 1 heterocycles. The molecule has 0 saturated carbocycles. The highest BCUT2D eigenvalue weighted by molar-refractivity contribution is 5.82. The monoisotopic (exact) mass is 365 g/mol. The summed E-state index contributed by atoms with van der Waals surface area (Å²) in [6.45, 7) is 4.50. The van der Waals surface area contributed by atoms with Crippen molar-refractivity contribution in [3.63, 3.8) is 0 Å². The zero-order valence-electron chi connectivity index (χ0n) is 15.5. The molecule has 2 aromatic carbocycles. The first kappa shape index (κ1) is 18.7. The highest BCUT2D eigenvalue weighted by atomic mass is 16.5. The Bertz CT molecular complexity index is 979. The predicted molar refractivity (Wildman–Crippen MR) is 105 cm³/mol. The first-order valence-electron chi connectivity index (χ1n) is 9.08. The molecule has 1 N–H and O–H groups in total. The molecule has 1 unspecified atom stereocenters. The summed E-state index contributed by atoms with van der Waals surface area (Å²) in [5.41, 5.74) is 2.19. The second-order valence-corrected chi connectivity index (χ2v) is 6.51. The van der Waals surface area contributed by atoms with Crippen molar-refractivity contribution in [2.45, 2.75) is 26.2 Å². The fourth-order valence-electron chi connectivity index (χ4n) is 2.96. The van der Waals surface area contributed by atoms with Gasteiger partial charge >= 0.3 is 5.63 Å². The summed E-state index contributed by atoms with van der Waals surface area (Å²) in [6, 6.07) is 16.8. The second kappa shape index (κ2) is 8.54. The predicted octanol–water partition coefficient (Wildman–Crippen LogP) is 3.65. The molecule has 1 atom stereocenters. The molecule has 0 bridgehead atoms. The van der Waals surface area contributed by atoms with Gasteiger partial charge in [0.1, 0.15) is 11.3 Å². The van der Waals surface area contributed by atoms with E-state index in [0.29, 0.717) is 17.9 Å². The lowest BCUT2D eigenvalue weighted by atomic mass is 10.0. The van der Waals surface area contributed by atoms with Gasteiger partial charge in [-0.25, -0.2) is 4.79 Å². The average molecular weight is 365 g/mol. The molecule has 0 fully saturated rings. The van der Waals surface area contributed by atoms with Crippen LogP contribution < -0.4 is 15.7 Å². The van der Waals surface area contributed by atoms with Gasteiger partial charge in [-0.3, -0.25) is 4.79 Å². The molecule has 5 heteroatoms. The van der Waals surface area contributed by atoms with Gasteiger partial charge in [-0.1, -0.05) is 44.2 Å². The van der Waals surface area contributed by atoms with Crippen molar-refractivity contribution in [1.82, 2.24) is 5.32 Å². The van der Waals surface area contributed by atoms with Gasteiger partial charge in [-0.2, -0.15) is 0 Å². The minimum atomic E-state index is -0.385. The fourth-order valence-corrected chi connectivity index (χ4v) is 2.96. The van der Waals surface area contributed by atoms with Crippen molar-refractivity contribution in [3.05, 3.63) is 76.1 Å². The van der Waals surface area contributed by atoms with E-state index in [0.717, 1.165) is 17.4 Å². The third-order valence-electron chi connectivity index (χ3n) is 4.53. The number of carbonyl (C=O) groups excluding carboxylic acids is 1. The van der Waals surface area contributed by atoms with Crippen LogP contribution in [0.3, 0.4) is 0 Å². The van der Waals surface area contributed by atoms with Crippen LogP contribution in [0.2, 0.25) is 0 Å². The van der Waals surface area contributed by atoms with E-state index >= 15 is 0 Å². The van der Waals surface area contributed by atoms with Crippen molar-refractivity contribution >= 4 is 16.9 Å². The molecule has 1 aromatic heterocycles. The van der Waals surface area contributed by atoms with E-state index in [1.807, 2.05) is 43.3 Å². The van der Waals surface area contributed by atoms with E-state index < -0.39 is 0 Å². The van der Waals surface area contributed by atoms with Gasteiger partial charge < -0.3 is 14.5 Å². The van der Waals surface area contributed by atoms with Crippen molar-refractivity contribution in [2.75, 3.05) is 13.2 Å². The standard InChI is InChI=1S/C22H23NO4/c1-3-16-11-22(25)27-20-12-18(9-10-19(16)20)26-14-21(24)23-13-15(2)17-7-5-4-6-8-17/h4-12,15H,3,13-14H2,1-2H3,(H,23,24). The minimum absolute atomic E-state index is 0.0925. The Morgan fingerprint density at radius 2 is 1.93 bits per heavy atom. The molecule has 0 aliphatic rings. The summed E-state index contributed by atoms with van der Waals surface area (Å²) in [4.78, 5) is 23.7. The van der Waals surface area contributed by atoms with E-state index in [1.54, 1.807) is 12.1 Å².